The quantitative estimate of drug-likeness (QED) is 0.726. The van der Waals surface area contributed by atoms with Gasteiger partial charge in [-0.2, -0.15) is 4.98 Å². The van der Waals surface area contributed by atoms with E-state index in [1.165, 1.54) is 0 Å². The standard InChI is InChI=1S/C9H15FN4O2S/c1-11-9-13-6-7(10)8(14-9)12-4-3-5-17(2,15)16/h6H,3-5H2,1-2H3,(H2,11,12,13,14). The Morgan fingerprint density at radius 1 is 1.47 bits per heavy atom. The van der Waals surface area contributed by atoms with E-state index >= 15 is 0 Å². The number of sulfone groups is 1. The maximum absolute atomic E-state index is 13.2. The van der Waals surface area contributed by atoms with E-state index in [0.717, 1.165) is 12.5 Å². The van der Waals surface area contributed by atoms with Gasteiger partial charge < -0.3 is 10.6 Å². The van der Waals surface area contributed by atoms with Crippen molar-refractivity contribution in [3.63, 3.8) is 0 Å². The van der Waals surface area contributed by atoms with Gasteiger partial charge in [0.25, 0.3) is 0 Å². The highest BCUT2D eigenvalue weighted by Crippen LogP contribution is 2.11. The summed E-state index contributed by atoms with van der Waals surface area (Å²) in [6.07, 6.45) is 2.62. The van der Waals surface area contributed by atoms with Crippen LogP contribution in [0, 0.1) is 5.82 Å². The zero-order valence-electron chi connectivity index (χ0n) is 9.70. The summed E-state index contributed by atoms with van der Waals surface area (Å²) in [5.74, 6) is -0.135. The summed E-state index contributed by atoms with van der Waals surface area (Å²) in [7, 11) is -1.35. The van der Waals surface area contributed by atoms with E-state index in [4.69, 9.17) is 0 Å². The molecule has 0 saturated heterocycles. The van der Waals surface area contributed by atoms with E-state index in [1.54, 1.807) is 7.05 Å². The van der Waals surface area contributed by atoms with Crippen LogP contribution in [0.4, 0.5) is 16.2 Å². The second-order valence-electron chi connectivity index (χ2n) is 3.55. The molecular formula is C9H15FN4O2S. The summed E-state index contributed by atoms with van der Waals surface area (Å²) in [4.78, 5) is 7.56. The van der Waals surface area contributed by atoms with Crippen LogP contribution in [-0.2, 0) is 9.84 Å². The molecule has 6 nitrogen and oxygen atoms in total. The highest BCUT2D eigenvalue weighted by atomic mass is 32.2. The van der Waals surface area contributed by atoms with Crippen molar-refractivity contribution in [1.29, 1.82) is 0 Å². The van der Waals surface area contributed by atoms with Crippen molar-refractivity contribution in [2.75, 3.05) is 36.2 Å². The summed E-state index contributed by atoms with van der Waals surface area (Å²) in [6, 6.07) is 0. The van der Waals surface area contributed by atoms with E-state index < -0.39 is 15.7 Å². The Morgan fingerprint density at radius 2 is 2.18 bits per heavy atom. The van der Waals surface area contributed by atoms with E-state index in [-0.39, 0.29) is 11.6 Å². The van der Waals surface area contributed by atoms with Crippen LogP contribution >= 0.6 is 0 Å². The number of rotatable bonds is 6. The third-order valence-electron chi connectivity index (χ3n) is 1.95. The van der Waals surface area contributed by atoms with Crippen LogP contribution < -0.4 is 10.6 Å². The number of nitrogens with one attached hydrogen (secondary N) is 2. The average molecular weight is 262 g/mol. The van der Waals surface area contributed by atoms with Crippen LogP contribution in [0.2, 0.25) is 0 Å². The van der Waals surface area contributed by atoms with Crippen molar-refractivity contribution in [2.45, 2.75) is 6.42 Å². The van der Waals surface area contributed by atoms with Gasteiger partial charge in [0.1, 0.15) is 9.84 Å². The third-order valence-corrected chi connectivity index (χ3v) is 2.98. The van der Waals surface area contributed by atoms with Crippen LogP contribution in [0.5, 0.6) is 0 Å². The summed E-state index contributed by atoms with van der Waals surface area (Å²) >= 11 is 0. The Kier molecular flexibility index (Phi) is 4.62. The van der Waals surface area contributed by atoms with Crippen molar-refractivity contribution in [1.82, 2.24) is 9.97 Å². The van der Waals surface area contributed by atoms with Gasteiger partial charge in [-0.1, -0.05) is 0 Å². The smallest absolute Gasteiger partial charge is 0.224 e. The van der Waals surface area contributed by atoms with E-state index in [0.29, 0.717) is 18.9 Å². The number of hydrogen-bond acceptors (Lipinski definition) is 6. The molecular weight excluding hydrogens is 247 g/mol. The molecule has 1 aromatic rings. The summed E-state index contributed by atoms with van der Waals surface area (Å²) in [6.45, 7) is 0.337. The van der Waals surface area contributed by atoms with E-state index in [1.807, 2.05) is 0 Å². The lowest BCUT2D eigenvalue weighted by Gasteiger charge is -2.07. The van der Waals surface area contributed by atoms with Crippen molar-refractivity contribution < 1.29 is 12.8 Å². The fourth-order valence-corrected chi connectivity index (χ4v) is 1.82. The number of halogens is 1. The fraction of sp³-hybridized carbons (Fsp3) is 0.556. The lowest BCUT2D eigenvalue weighted by atomic mass is 10.4. The topological polar surface area (TPSA) is 84.0 Å². The van der Waals surface area contributed by atoms with Gasteiger partial charge >= 0.3 is 0 Å². The van der Waals surface area contributed by atoms with Gasteiger partial charge in [-0.25, -0.2) is 17.8 Å². The molecule has 96 valence electrons. The van der Waals surface area contributed by atoms with Crippen molar-refractivity contribution in [2.24, 2.45) is 0 Å². The SMILES string of the molecule is CNc1ncc(F)c(NCCCS(C)(=O)=O)n1. The predicted molar refractivity (Wildman–Crippen MR) is 64.4 cm³/mol. The van der Waals surface area contributed by atoms with E-state index in [2.05, 4.69) is 20.6 Å². The molecule has 0 aromatic carbocycles. The minimum absolute atomic E-state index is 0.0611. The molecule has 0 bridgehead atoms. The minimum Gasteiger partial charge on any atom is -0.367 e. The van der Waals surface area contributed by atoms with Crippen LogP contribution in [-0.4, -0.2) is 44.0 Å². The lowest BCUT2D eigenvalue weighted by Crippen LogP contribution is -2.12. The maximum atomic E-state index is 13.2. The molecule has 17 heavy (non-hydrogen) atoms. The molecule has 2 N–H and O–H groups in total. The number of nitrogens with zero attached hydrogens (tertiary/aromatic N) is 2. The highest BCUT2D eigenvalue weighted by molar-refractivity contribution is 7.90. The van der Waals surface area contributed by atoms with Gasteiger partial charge in [0, 0.05) is 19.8 Å². The second-order valence-corrected chi connectivity index (χ2v) is 5.81. The average Bonchev–Trinajstić information content (AvgIpc) is 2.25. The fourth-order valence-electron chi connectivity index (χ4n) is 1.15. The Morgan fingerprint density at radius 3 is 2.76 bits per heavy atom. The summed E-state index contributed by atoms with van der Waals surface area (Å²) in [5, 5.41) is 5.41. The normalized spacial score (nSPS) is 11.2. The highest BCUT2D eigenvalue weighted by Gasteiger charge is 2.06. The number of aromatic nitrogens is 2. The first-order chi connectivity index (χ1) is 7.92. The molecule has 0 fully saturated rings. The Labute approximate surface area is 99.6 Å². The van der Waals surface area contributed by atoms with Gasteiger partial charge in [-0.3, -0.25) is 0 Å². The first-order valence-electron chi connectivity index (χ1n) is 5.04. The van der Waals surface area contributed by atoms with Crippen LogP contribution in [0.15, 0.2) is 6.20 Å². The maximum Gasteiger partial charge on any atom is 0.224 e. The third kappa shape index (κ3) is 4.94. The van der Waals surface area contributed by atoms with Gasteiger partial charge in [0.15, 0.2) is 11.6 Å². The Hall–Kier alpha value is -1.44. The first-order valence-corrected chi connectivity index (χ1v) is 7.10. The summed E-state index contributed by atoms with van der Waals surface area (Å²) < 4.78 is 35.0. The van der Waals surface area contributed by atoms with Gasteiger partial charge in [-0.15, -0.1) is 0 Å². The molecule has 0 aliphatic heterocycles. The molecule has 0 atom stereocenters. The van der Waals surface area contributed by atoms with Gasteiger partial charge in [0.05, 0.1) is 11.9 Å². The molecule has 0 amide bonds. The van der Waals surface area contributed by atoms with Crippen LogP contribution in [0.1, 0.15) is 6.42 Å². The first kappa shape index (κ1) is 13.6. The number of hydrogen-bond donors (Lipinski definition) is 2. The van der Waals surface area contributed by atoms with Gasteiger partial charge in [0.2, 0.25) is 5.95 Å². The van der Waals surface area contributed by atoms with Crippen molar-refractivity contribution >= 4 is 21.6 Å². The van der Waals surface area contributed by atoms with Crippen LogP contribution in [0.3, 0.4) is 0 Å². The molecule has 1 aromatic heterocycles. The molecule has 0 spiro atoms. The molecule has 0 radical (unpaired) electrons. The molecule has 1 rings (SSSR count). The largest absolute Gasteiger partial charge is 0.367 e. The second kappa shape index (κ2) is 5.76. The monoisotopic (exact) mass is 262 g/mol. The minimum atomic E-state index is -2.98. The van der Waals surface area contributed by atoms with Gasteiger partial charge in [-0.05, 0) is 6.42 Å². The summed E-state index contributed by atoms with van der Waals surface area (Å²) in [5.41, 5.74) is 0. The van der Waals surface area contributed by atoms with Crippen molar-refractivity contribution in [3.05, 3.63) is 12.0 Å². The molecule has 0 aliphatic carbocycles. The van der Waals surface area contributed by atoms with E-state index in [9.17, 15) is 12.8 Å². The molecule has 0 saturated carbocycles. The lowest BCUT2D eigenvalue weighted by molar-refractivity contribution is 0.599. The van der Waals surface area contributed by atoms with Crippen LogP contribution in [0.25, 0.3) is 0 Å². The molecule has 8 heteroatoms. The molecule has 0 aliphatic rings. The van der Waals surface area contributed by atoms with Crippen molar-refractivity contribution in [3.8, 4) is 0 Å². The molecule has 1 heterocycles. The predicted octanol–water partition coefficient (Wildman–Crippen LogP) is 0.504. The molecule has 0 unspecified atom stereocenters. The Bertz CT molecular complexity index is 478. The number of anilines is 2. The zero-order valence-corrected chi connectivity index (χ0v) is 10.5. The Balaban J connectivity index is 2.51. The zero-order chi connectivity index (χ0) is 12.9.